The number of aromatic nitrogens is 3. The third-order valence-corrected chi connectivity index (χ3v) is 6.41. The SMILES string of the molecule is CN(C)Cc1cn(CC[C@H]2CC[C@H](NS(=O)(=O)c3ccccc3)[C@H](CO)O2)nn1. The minimum atomic E-state index is -3.65. The number of aryl methyl sites for hydroxylation is 1. The summed E-state index contributed by atoms with van der Waals surface area (Å²) in [5.74, 6) is 0. The van der Waals surface area contributed by atoms with Gasteiger partial charge in [-0.2, -0.15) is 0 Å². The molecule has 0 bridgehead atoms. The number of benzene rings is 1. The van der Waals surface area contributed by atoms with Crippen LogP contribution in [0.1, 0.15) is 25.0 Å². The minimum Gasteiger partial charge on any atom is -0.394 e. The summed E-state index contributed by atoms with van der Waals surface area (Å²) in [5.41, 5.74) is 0.906. The van der Waals surface area contributed by atoms with Crippen LogP contribution in [0.5, 0.6) is 0 Å². The second-order valence-corrected chi connectivity index (χ2v) is 9.31. The summed E-state index contributed by atoms with van der Waals surface area (Å²) >= 11 is 0. The number of rotatable bonds is 9. The molecule has 0 radical (unpaired) electrons. The number of hydrogen-bond donors (Lipinski definition) is 2. The summed E-state index contributed by atoms with van der Waals surface area (Å²) in [4.78, 5) is 2.24. The number of sulfonamides is 1. The first kappa shape index (κ1) is 21.8. The molecule has 1 saturated heterocycles. The lowest BCUT2D eigenvalue weighted by Gasteiger charge is -2.36. The van der Waals surface area contributed by atoms with Gasteiger partial charge >= 0.3 is 0 Å². The van der Waals surface area contributed by atoms with E-state index in [0.717, 1.165) is 18.7 Å². The summed E-state index contributed by atoms with van der Waals surface area (Å²) < 4.78 is 35.6. The van der Waals surface area contributed by atoms with Crippen molar-refractivity contribution in [3.05, 3.63) is 42.2 Å². The molecule has 3 atom stereocenters. The second kappa shape index (κ2) is 9.77. The van der Waals surface area contributed by atoms with Gasteiger partial charge in [0, 0.05) is 19.3 Å². The van der Waals surface area contributed by atoms with Crippen molar-refractivity contribution in [2.24, 2.45) is 0 Å². The van der Waals surface area contributed by atoms with Gasteiger partial charge in [0.2, 0.25) is 10.0 Å². The van der Waals surface area contributed by atoms with Crippen molar-refractivity contribution in [3.8, 4) is 0 Å². The number of hydrogen-bond acceptors (Lipinski definition) is 7. The minimum absolute atomic E-state index is 0.0638. The zero-order valence-electron chi connectivity index (χ0n) is 16.8. The van der Waals surface area contributed by atoms with Crippen LogP contribution < -0.4 is 4.72 Å². The Balaban J connectivity index is 1.53. The molecule has 1 aliphatic rings. The van der Waals surface area contributed by atoms with Crippen LogP contribution in [0.4, 0.5) is 0 Å². The number of aliphatic hydroxyl groups is 1. The lowest BCUT2D eigenvalue weighted by Crippen LogP contribution is -2.50. The fourth-order valence-electron chi connectivity index (χ4n) is 3.47. The zero-order chi connectivity index (χ0) is 20.9. The van der Waals surface area contributed by atoms with Crippen LogP contribution in [-0.4, -0.2) is 72.4 Å². The van der Waals surface area contributed by atoms with Crippen LogP contribution >= 0.6 is 0 Å². The monoisotopic (exact) mass is 423 g/mol. The quantitative estimate of drug-likeness (QED) is 0.608. The number of nitrogens with zero attached hydrogens (tertiary/aromatic N) is 4. The third kappa shape index (κ3) is 6.06. The van der Waals surface area contributed by atoms with E-state index in [1.165, 1.54) is 0 Å². The molecule has 160 valence electrons. The van der Waals surface area contributed by atoms with E-state index in [-0.39, 0.29) is 17.6 Å². The molecule has 1 aromatic carbocycles. The highest BCUT2D eigenvalue weighted by atomic mass is 32.2. The number of nitrogens with one attached hydrogen (secondary N) is 1. The van der Waals surface area contributed by atoms with Gasteiger partial charge in [-0.1, -0.05) is 23.4 Å². The van der Waals surface area contributed by atoms with E-state index in [0.29, 0.717) is 19.4 Å². The summed E-state index contributed by atoms with van der Waals surface area (Å²) in [5, 5.41) is 18.0. The summed E-state index contributed by atoms with van der Waals surface area (Å²) in [6, 6.07) is 7.76. The molecular weight excluding hydrogens is 394 g/mol. The summed E-state index contributed by atoms with van der Waals surface area (Å²) in [7, 11) is 0.307. The Morgan fingerprint density at radius 2 is 2.03 bits per heavy atom. The Bertz CT molecular complexity index is 872. The predicted molar refractivity (Wildman–Crippen MR) is 108 cm³/mol. The molecule has 2 N–H and O–H groups in total. The molecule has 3 rings (SSSR count). The van der Waals surface area contributed by atoms with Crippen LogP contribution in [0.3, 0.4) is 0 Å². The van der Waals surface area contributed by atoms with E-state index in [9.17, 15) is 13.5 Å². The predicted octanol–water partition coefficient (Wildman–Crippen LogP) is 0.617. The Morgan fingerprint density at radius 1 is 1.28 bits per heavy atom. The number of ether oxygens (including phenoxy) is 1. The number of aliphatic hydroxyl groups excluding tert-OH is 1. The summed E-state index contributed by atoms with van der Waals surface area (Å²) in [6.07, 6.45) is 3.31. The second-order valence-electron chi connectivity index (χ2n) is 7.60. The normalized spacial score (nSPS) is 22.8. The molecule has 0 amide bonds. The molecule has 0 spiro atoms. The van der Waals surface area contributed by atoms with Crippen molar-refractivity contribution in [2.45, 2.75) is 55.5 Å². The Kier molecular flexibility index (Phi) is 7.36. The standard InChI is InChI=1S/C19H29N5O4S/c1-23(2)12-15-13-24(22-20-15)11-10-16-8-9-18(19(14-25)28-16)21-29(26,27)17-6-4-3-5-7-17/h3-7,13,16,18-19,21,25H,8-12,14H2,1-2H3/t16-,18+,19+/m1/s1. The fraction of sp³-hybridized carbons (Fsp3) is 0.579. The first-order valence-corrected chi connectivity index (χ1v) is 11.2. The van der Waals surface area contributed by atoms with E-state index < -0.39 is 22.2 Å². The van der Waals surface area contributed by atoms with Crippen molar-refractivity contribution in [3.63, 3.8) is 0 Å². The van der Waals surface area contributed by atoms with Gasteiger partial charge in [-0.15, -0.1) is 5.10 Å². The first-order chi connectivity index (χ1) is 13.9. The maximum absolute atomic E-state index is 12.6. The van der Waals surface area contributed by atoms with Gasteiger partial charge in [0.1, 0.15) is 0 Å². The molecule has 29 heavy (non-hydrogen) atoms. The molecule has 2 heterocycles. The van der Waals surface area contributed by atoms with E-state index in [1.54, 1.807) is 35.0 Å². The summed E-state index contributed by atoms with van der Waals surface area (Å²) in [6.45, 7) is 1.15. The van der Waals surface area contributed by atoms with Gasteiger partial charge < -0.3 is 14.7 Å². The van der Waals surface area contributed by atoms with Crippen LogP contribution in [0.2, 0.25) is 0 Å². The molecule has 9 nitrogen and oxygen atoms in total. The first-order valence-electron chi connectivity index (χ1n) is 9.75. The molecule has 0 unspecified atom stereocenters. The van der Waals surface area contributed by atoms with Crippen molar-refractivity contribution in [1.82, 2.24) is 24.6 Å². The highest BCUT2D eigenvalue weighted by molar-refractivity contribution is 7.89. The van der Waals surface area contributed by atoms with Gasteiger partial charge in [0.05, 0.1) is 35.4 Å². The van der Waals surface area contributed by atoms with Crippen LogP contribution in [0.15, 0.2) is 41.4 Å². The van der Waals surface area contributed by atoms with Gasteiger partial charge in [0.15, 0.2) is 0 Å². The zero-order valence-corrected chi connectivity index (χ0v) is 17.6. The van der Waals surface area contributed by atoms with E-state index >= 15 is 0 Å². The molecule has 0 saturated carbocycles. The molecule has 1 fully saturated rings. The molecule has 10 heteroatoms. The largest absolute Gasteiger partial charge is 0.394 e. The molecular formula is C19H29N5O4S. The van der Waals surface area contributed by atoms with Crippen molar-refractivity contribution in [2.75, 3.05) is 20.7 Å². The molecule has 1 aliphatic heterocycles. The molecule has 0 aliphatic carbocycles. The third-order valence-electron chi connectivity index (χ3n) is 4.90. The fourth-order valence-corrected chi connectivity index (χ4v) is 4.79. The topological polar surface area (TPSA) is 110 Å². The molecule has 1 aromatic heterocycles. The molecule has 2 aromatic rings. The van der Waals surface area contributed by atoms with Crippen LogP contribution in [-0.2, 0) is 27.8 Å². The van der Waals surface area contributed by atoms with Gasteiger partial charge in [-0.3, -0.25) is 4.68 Å². The van der Waals surface area contributed by atoms with Crippen molar-refractivity contribution < 1.29 is 18.3 Å². The van der Waals surface area contributed by atoms with Crippen LogP contribution in [0, 0.1) is 0 Å². The van der Waals surface area contributed by atoms with Gasteiger partial charge in [0.25, 0.3) is 0 Å². The van der Waals surface area contributed by atoms with Crippen molar-refractivity contribution >= 4 is 10.0 Å². The average Bonchev–Trinajstić information content (AvgIpc) is 3.14. The van der Waals surface area contributed by atoms with E-state index in [2.05, 4.69) is 15.0 Å². The van der Waals surface area contributed by atoms with Crippen molar-refractivity contribution in [1.29, 1.82) is 0 Å². The smallest absolute Gasteiger partial charge is 0.240 e. The highest BCUT2D eigenvalue weighted by Crippen LogP contribution is 2.24. The van der Waals surface area contributed by atoms with E-state index in [4.69, 9.17) is 4.74 Å². The van der Waals surface area contributed by atoms with Gasteiger partial charge in [-0.25, -0.2) is 13.1 Å². The Morgan fingerprint density at radius 3 is 2.72 bits per heavy atom. The van der Waals surface area contributed by atoms with E-state index in [1.807, 2.05) is 25.2 Å². The van der Waals surface area contributed by atoms with Crippen LogP contribution in [0.25, 0.3) is 0 Å². The lowest BCUT2D eigenvalue weighted by atomic mass is 9.98. The van der Waals surface area contributed by atoms with Gasteiger partial charge in [-0.05, 0) is 45.5 Å². The average molecular weight is 424 g/mol. The lowest BCUT2D eigenvalue weighted by molar-refractivity contribution is -0.0891. The maximum atomic E-state index is 12.6. The highest BCUT2D eigenvalue weighted by Gasteiger charge is 2.33. The Hall–Kier alpha value is -1.85. The Labute approximate surface area is 171 Å². The maximum Gasteiger partial charge on any atom is 0.240 e.